The van der Waals surface area contributed by atoms with Crippen LogP contribution >= 0.6 is 0 Å². The van der Waals surface area contributed by atoms with Crippen molar-refractivity contribution in [3.63, 3.8) is 0 Å². The monoisotopic (exact) mass is 591 g/mol. The van der Waals surface area contributed by atoms with E-state index >= 15 is 0 Å². The Labute approximate surface area is 249 Å². The molecule has 0 unspecified atom stereocenters. The molecular weight excluding hydrogens is 554 g/mol. The maximum Gasteiger partial charge on any atom is 0.255 e. The number of hydrogen-bond acceptors (Lipinski definition) is 10. The number of nitrogens with two attached hydrogens (primary N) is 1. The van der Waals surface area contributed by atoms with Gasteiger partial charge in [-0.3, -0.25) is 24.2 Å². The number of phenols is 1. The van der Waals surface area contributed by atoms with Crippen molar-refractivity contribution < 1.29 is 39.2 Å². The first kappa shape index (κ1) is 30.3. The molecule has 1 aromatic carbocycles. The number of likely N-dealkylation sites (N-methyl/N-ethyl adjacent to an activating group) is 2. The predicted octanol–water partition coefficient (Wildman–Crippen LogP) is 2.78. The van der Waals surface area contributed by atoms with Crippen LogP contribution in [0.3, 0.4) is 0 Å². The largest absolute Gasteiger partial charge is 0.510 e. The lowest BCUT2D eigenvalue weighted by molar-refractivity contribution is -0.148. The Morgan fingerprint density at radius 3 is 2.49 bits per heavy atom. The Hall–Kier alpha value is -4.19. The third kappa shape index (κ3) is 4.59. The number of rotatable bonds is 7. The van der Waals surface area contributed by atoms with Gasteiger partial charge in [-0.05, 0) is 77.0 Å². The number of ketones is 2. The Balaban J connectivity index is 1.70. The van der Waals surface area contributed by atoms with Gasteiger partial charge in [0, 0.05) is 35.7 Å². The molecule has 1 heterocycles. The van der Waals surface area contributed by atoms with Crippen molar-refractivity contribution in [2.24, 2.45) is 17.6 Å². The van der Waals surface area contributed by atoms with Crippen LogP contribution in [0.2, 0.25) is 0 Å². The first-order valence-electron chi connectivity index (χ1n) is 14.1. The quantitative estimate of drug-likeness (QED) is 0.238. The highest BCUT2D eigenvalue weighted by molar-refractivity contribution is 6.25. The van der Waals surface area contributed by atoms with Crippen molar-refractivity contribution in [2.45, 2.75) is 44.9 Å². The van der Waals surface area contributed by atoms with Crippen molar-refractivity contribution in [1.82, 2.24) is 9.80 Å². The van der Waals surface area contributed by atoms with Gasteiger partial charge < -0.3 is 30.6 Å². The third-order valence-corrected chi connectivity index (χ3v) is 9.09. The summed E-state index contributed by atoms with van der Waals surface area (Å²) in [6.07, 6.45) is 5.26. The first-order chi connectivity index (χ1) is 20.2. The lowest BCUT2D eigenvalue weighted by Crippen LogP contribution is -2.63. The van der Waals surface area contributed by atoms with E-state index in [1.807, 2.05) is 37.9 Å². The number of carbonyl (C=O) groups excluding carboxylic acids is 3. The Kier molecular flexibility index (Phi) is 7.62. The van der Waals surface area contributed by atoms with Gasteiger partial charge in [-0.25, -0.2) is 0 Å². The summed E-state index contributed by atoms with van der Waals surface area (Å²) in [6.45, 7) is 4.86. The van der Waals surface area contributed by atoms with Crippen molar-refractivity contribution in [3.8, 4) is 16.9 Å². The van der Waals surface area contributed by atoms with Gasteiger partial charge in [-0.2, -0.15) is 0 Å². The van der Waals surface area contributed by atoms with E-state index in [1.165, 1.54) is 11.2 Å². The number of furan rings is 1. The average Bonchev–Trinajstić information content (AvgIpc) is 3.46. The molecule has 228 valence electrons. The number of amides is 1. The maximum absolute atomic E-state index is 14.3. The normalized spacial score (nSPS) is 25.8. The second-order valence-corrected chi connectivity index (χ2v) is 12.1. The molecule has 0 aliphatic heterocycles. The minimum Gasteiger partial charge on any atom is -0.510 e. The SMILES string of the molecule is C/C=C(/C)CN(C)Cc1cc(-c2ccoc2)c2c(c1O)C(=O)C1=C(O)[C@]3(O)C(=O)C(C(N)=O)=C(O)[C@@H](N(C)C)[C@@H]3C[C@@H]1C2. The number of fused-ring (bicyclic) bond motifs is 3. The summed E-state index contributed by atoms with van der Waals surface area (Å²) in [6, 6.07) is 2.54. The number of aromatic hydroxyl groups is 1. The summed E-state index contributed by atoms with van der Waals surface area (Å²) < 4.78 is 5.34. The highest BCUT2D eigenvalue weighted by atomic mass is 16.3. The molecule has 43 heavy (non-hydrogen) atoms. The number of primary amides is 1. The number of phenolic OH excluding ortho intramolecular Hbond substituents is 1. The van der Waals surface area contributed by atoms with E-state index < -0.39 is 58.0 Å². The summed E-state index contributed by atoms with van der Waals surface area (Å²) in [5, 5.41) is 45.9. The van der Waals surface area contributed by atoms with E-state index in [9.17, 15) is 34.8 Å². The van der Waals surface area contributed by atoms with Crippen LogP contribution in [0.4, 0.5) is 0 Å². The van der Waals surface area contributed by atoms with Crippen molar-refractivity contribution in [1.29, 1.82) is 0 Å². The molecule has 6 N–H and O–H groups in total. The van der Waals surface area contributed by atoms with Crippen LogP contribution in [-0.4, -0.2) is 87.0 Å². The smallest absolute Gasteiger partial charge is 0.255 e. The second kappa shape index (κ2) is 10.8. The van der Waals surface area contributed by atoms with E-state index in [0.717, 1.165) is 5.57 Å². The molecule has 3 aliphatic carbocycles. The van der Waals surface area contributed by atoms with E-state index in [2.05, 4.69) is 0 Å². The number of Topliss-reactive ketones (excluding diaryl/α,β-unsaturated/α-hetero) is 2. The molecule has 2 aromatic rings. The van der Waals surface area contributed by atoms with Crippen LogP contribution in [0.1, 0.15) is 41.8 Å². The number of benzene rings is 1. The molecule has 1 aromatic heterocycles. The zero-order valence-corrected chi connectivity index (χ0v) is 24.8. The van der Waals surface area contributed by atoms with E-state index in [4.69, 9.17) is 10.2 Å². The minimum absolute atomic E-state index is 0.0183. The molecule has 11 nitrogen and oxygen atoms in total. The number of aliphatic hydroxyl groups is 3. The number of carbonyl (C=O) groups is 3. The van der Waals surface area contributed by atoms with E-state index in [0.29, 0.717) is 35.3 Å². The fraction of sp³-hybridized carbons (Fsp3) is 0.406. The predicted molar refractivity (Wildman–Crippen MR) is 157 cm³/mol. The zero-order valence-electron chi connectivity index (χ0n) is 24.8. The third-order valence-electron chi connectivity index (χ3n) is 9.09. The van der Waals surface area contributed by atoms with Gasteiger partial charge in [0.2, 0.25) is 5.78 Å². The van der Waals surface area contributed by atoms with Crippen LogP contribution in [0.25, 0.3) is 11.1 Å². The van der Waals surface area contributed by atoms with Gasteiger partial charge in [-0.1, -0.05) is 11.6 Å². The molecule has 0 bridgehead atoms. The summed E-state index contributed by atoms with van der Waals surface area (Å²) in [5.74, 6) is -6.74. The molecule has 0 saturated heterocycles. The summed E-state index contributed by atoms with van der Waals surface area (Å²) in [5.41, 5.74) is 5.22. The van der Waals surface area contributed by atoms with E-state index in [1.54, 1.807) is 26.4 Å². The summed E-state index contributed by atoms with van der Waals surface area (Å²) in [7, 11) is 5.08. The Morgan fingerprint density at radius 1 is 1.21 bits per heavy atom. The van der Waals surface area contributed by atoms with Crippen molar-refractivity contribution in [3.05, 3.63) is 75.7 Å². The molecule has 0 radical (unpaired) electrons. The van der Waals surface area contributed by atoms with Crippen molar-refractivity contribution in [2.75, 3.05) is 27.7 Å². The lowest BCUT2D eigenvalue weighted by atomic mass is 9.58. The van der Waals surface area contributed by atoms with Gasteiger partial charge >= 0.3 is 0 Å². The molecule has 0 spiro atoms. The number of aliphatic hydroxyl groups excluding tert-OH is 2. The summed E-state index contributed by atoms with van der Waals surface area (Å²) >= 11 is 0. The van der Waals surface area contributed by atoms with E-state index in [-0.39, 0.29) is 29.7 Å². The minimum atomic E-state index is -2.69. The molecule has 0 fully saturated rings. The molecule has 11 heteroatoms. The van der Waals surface area contributed by atoms with Crippen LogP contribution in [0.5, 0.6) is 5.75 Å². The molecule has 0 saturated carbocycles. The highest BCUT2D eigenvalue weighted by Gasteiger charge is 2.63. The zero-order chi connectivity index (χ0) is 31.5. The molecule has 4 atom stereocenters. The van der Waals surface area contributed by atoms with Crippen LogP contribution < -0.4 is 5.73 Å². The second-order valence-electron chi connectivity index (χ2n) is 12.1. The number of nitrogens with zero attached hydrogens (tertiary/aromatic N) is 2. The average molecular weight is 592 g/mol. The number of allylic oxidation sites excluding steroid dienone is 2. The van der Waals surface area contributed by atoms with Gasteiger partial charge in [0.1, 0.15) is 22.8 Å². The fourth-order valence-electron chi connectivity index (χ4n) is 7.03. The van der Waals surface area contributed by atoms with Crippen LogP contribution in [0.15, 0.2) is 63.4 Å². The molecule has 3 aliphatic rings. The number of hydrogen-bond donors (Lipinski definition) is 5. The molecule has 5 rings (SSSR count). The highest BCUT2D eigenvalue weighted by Crippen LogP contribution is 2.53. The molecular formula is C32H37N3O8. The van der Waals surface area contributed by atoms with Gasteiger partial charge in [-0.15, -0.1) is 0 Å². The lowest BCUT2D eigenvalue weighted by Gasteiger charge is -2.50. The summed E-state index contributed by atoms with van der Waals surface area (Å²) in [4.78, 5) is 43.6. The maximum atomic E-state index is 14.3. The van der Waals surface area contributed by atoms with Crippen molar-refractivity contribution >= 4 is 17.5 Å². The van der Waals surface area contributed by atoms with Crippen LogP contribution in [0, 0.1) is 11.8 Å². The fourth-order valence-corrected chi connectivity index (χ4v) is 7.03. The van der Waals surface area contributed by atoms with Gasteiger partial charge in [0.15, 0.2) is 11.4 Å². The Bertz CT molecular complexity index is 1620. The Morgan fingerprint density at radius 2 is 1.91 bits per heavy atom. The van der Waals surface area contributed by atoms with Gasteiger partial charge in [0.25, 0.3) is 5.91 Å². The van der Waals surface area contributed by atoms with Crippen LogP contribution in [-0.2, 0) is 22.6 Å². The van der Waals surface area contributed by atoms with Gasteiger partial charge in [0.05, 0.1) is 24.1 Å². The standard InChI is InChI=1S/C32H37N3O8/c1-6-15(2)12-35(5)13-18-10-19(16-7-8-43-14-16)20-9-17-11-21-25(34(3)4)28(38)24(31(33)41)30(40)32(21,42)29(39)22(17)27(37)23(20)26(18)36/h6-8,10,14,17,21,25,36,38-39,42H,9,11-13H2,1-5H3,(H2,33,41)/b15-6-/t17-,21-,25-,32-/m0/s1. The topological polar surface area (TPSA) is 178 Å². The first-order valence-corrected chi connectivity index (χ1v) is 14.1. The molecule has 1 amide bonds.